The van der Waals surface area contributed by atoms with E-state index in [2.05, 4.69) is 29.2 Å². The average molecular weight is 375 g/mol. The number of rotatable bonds is 13. The number of amides is 1. The van der Waals surface area contributed by atoms with Crippen molar-refractivity contribution in [3.05, 3.63) is 29.8 Å². The Hall–Kier alpha value is -0.970. The van der Waals surface area contributed by atoms with Crippen LogP contribution < -0.4 is 10.4 Å². The zero-order valence-corrected chi connectivity index (χ0v) is 15.7. The van der Waals surface area contributed by atoms with Crippen molar-refractivity contribution in [1.29, 1.82) is 0 Å². The zero-order valence-electron chi connectivity index (χ0n) is 14.1. The fraction of sp³-hybridized carbons (Fsp3) is 0.611. The molecule has 0 atom stereocenters. The molecule has 1 aromatic rings. The molecule has 0 aliphatic heterocycles. The molecule has 0 saturated carbocycles. The van der Waals surface area contributed by atoms with E-state index in [0.29, 0.717) is 18.2 Å². The van der Waals surface area contributed by atoms with Crippen molar-refractivity contribution < 1.29 is 10.0 Å². The molecule has 0 aliphatic rings. The van der Waals surface area contributed by atoms with Gasteiger partial charge in [0.05, 0.1) is 0 Å². The van der Waals surface area contributed by atoms with E-state index in [9.17, 15) is 4.79 Å². The van der Waals surface area contributed by atoms with E-state index in [1.165, 1.54) is 11.3 Å². The van der Waals surface area contributed by atoms with Crippen LogP contribution in [0, 0.1) is 0 Å². The van der Waals surface area contributed by atoms with E-state index in [-0.39, 0.29) is 5.91 Å². The molecule has 0 spiro atoms. The van der Waals surface area contributed by atoms with Gasteiger partial charge in [0, 0.05) is 37.0 Å². The largest absolute Gasteiger partial charge is 0.369 e. The van der Waals surface area contributed by atoms with Gasteiger partial charge in [0.2, 0.25) is 5.91 Å². The first-order chi connectivity index (χ1) is 11.7. The molecule has 1 rings (SSSR count). The van der Waals surface area contributed by atoms with Crippen LogP contribution in [-0.4, -0.2) is 36.0 Å². The third kappa shape index (κ3) is 8.76. The van der Waals surface area contributed by atoms with Crippen molar-refractivity contribution >= 4 is 34.8 Å². The van der Waals surface area contributed by atoms with Crippen LogP contribution >= 0.6 is 23.2 Å². The number of anilines is 1. The van der Waals surface area contributed by atoms with Gasteiger partial charge in [-0.25, -0.2) is 5.48 Å². The van der Waals surface area contributed by atoms with Gasteiger partial charge in [0.25, 0.3) is 0 Å². The number of benzene rings is 1. The number of hydroxylamine groups is 1. The maximum Gasteiger partial charge on any atom is 0.243 e. The minimum Gasteiger partial charge on any atom is -0.369 e. The van der Waals surface area contributed by atoms with E-state index in [4.69, 9.17) is 28.4 Å². The Bertz CT molecular complexity index is 449. The topological polar surface area (TPSA) is 52.6 Å². The lowest BCUT2D eigenvalue weighted by Gasteiger charge is -2.23. The molecule has 1 amide bonds. The lowest BCUT2D eigenvalue weighted by atomic mass is 10.0. The Morgan fingerprint density at radius 2 is 1.54 bits per heavy atom. The van der Waals surface area contributed by atoms with Crippen molar-refractivity contribution in [2.45, 2.75) is 44.9 Å². The van der Waals surface area contributed by atoms with Crippen LogP contribution in [0.1, 0.15) is 44.1 Å². The molecule has 0 aromatic heterocycles. The molecule has 0 unspecified atom stereocenters. The maximum absolute atomic E-state index is 10.9. The number of unbranched alkanes of at least 4 members (excludes halogenated alkanes) is 4. The molecule has 136 valence electrons. The molecule has 1 aromatic carbocycles. The Morgan fingerprint density at radius 3 is 2.12 bits per heavy atom. The highest BCUT2D eigenvalue weighted by Gasteiger charge is 2.05. The summed E-state index contributed by atoms with van der Waals surface area (Å²) in [6.45, 7) is 1.61. The van der Waals surface area contributed by atoms with Crippen molar-refractivity contribution in [3.63, 3.8) is 0 Å². The lowest BCUT2D eigenvalue weighted by molar-refractivity contribution is -0.129. The summed E-state index contributed by atoms with van der Waals surface area (Å²) in [5.74, 6) is 0.893. The smallest absolute Gasteiger partial charge is 0.243 e. The van der Waals surface area contributed by atoms with Gasteiger partial charge in [-0.1, -0.05) is 31.4 Å². The van der Waals surface area contributed by atoms with Crippen molar-refractivity contribution in [2.24, 2.45) is 0 Å². The second kappa shape index (κ2) is 13.3. The van der Waals surface area contributed by atoms with Gasteiger partial charge in [0.1, 0.15) is 0 Å². The molecule has 0 aliphatic carbocycles. The number of carbonyl (C=O) groups is 1. The van der Waals surface area contributed by atoms with Crippen molar-refractivity contribution in [1.82, 2.24) is 5.48 Å². The van der Waals surface area contributed by atoms with Crippen LogP contribution in [0.2, 0.25) is 0 Å². The number of hydrogen-bond donors (Lipinski definition) is 2. The summed E-state index contributed by atoms with van der Waals surface area (Å²) in [4.78, 5) is 13.1. The number of nitrogens with zero attached hydrogens (tertiary/aromatic N) is 1. The van der Waals surface area contributed by atoms with Gasteiger partial charge >= 0.3 is 0 Å². The van der Waals surface area contributed by atoms with E-state index >= 15 is 0 Å². The second-order valence-electron chi connectivity index (χ2n) is 5.83. The lowest BCUT2D eigenvalue weighted by Crippen LogP contribution is -2.27. The quantitative estimate of drug-likeness (QED) is 0.233. The fourth-order valence-electron chi connectivity index (χ4n) is 2.65. The monoisotopic (exact) mass is 374 g/mol. The number of nitrogens with one attached hydrogen (secondary N) is 1. The normalized spacial score (nSPS) is 10.6. The summed E-state index contributed by atoms with van der Waals surface area (Å²) in [6, 6.07) is 8.64. The summed E-state index contributed by atoms with van der Waals surface area (Å²) in [5, 5.41) is 8.40. The molecule has 0 heterocycles. The number of hydrogen-bond acceptors (Lipinski definition) is 3. The summed E-state index contributed by atoms with van der Waals surface area (Å²) in [5.41, 5.74) is 4.17. The Kier molecular flexibility index (Phi) is 11.7. The van der Waals surface area contributed by atoms with Crippen LogP contribution in [-0.2, 0) is 11.2 Å². The van der Waals surface area contributed by atoms with Crippen LogP contribution in [0.25, 0.3) is 0 Å². The molecule has 0 saturated heterocycles. The third-order valence-electron chi connectivity index (χ3n) is 4.00. The highest BCUT2D eigenvalue weighted by atomic mass is 35.5. The van der Waals surface area contributed by atoms with Gasteiger partial charge in [-0.05, 0) is 37.0 Å². The standard InChI is InChI=1S/C18H28Cl2N2O2/c19-12-14-22(15-13-20)17-10-8-16(9-11-17)6-4-2-1-3-5-7-18(23)21-24/h8-11,24H,1-7,12-15H2,(H,21,23). The third-order valence-corrected chi connectivity index (χ3v) is 4.34. The first-order valence-electron chi connectivity index (χ1n) is 8.60. The number of aryl methyl sites for hydroxylation is 1. The Balaban J connectivity index is 2.23. The summed E-state index contributed by atoms with van der Waals surface area (Å²) >= 11 is 11.7. The molecule has 2 N–H and O–H groups in total. The van der Waals surface area contributed by atoms with Crippen LogP contribution in [0.15, 0.2) is 24.3 Å². The highest BCUT2D eigenvalue weighted by Crippen LogP contribution is 2.17. The highest BCUT2D eigenvalue weighted by molar-refractivity contribution is 6.18. The van der Waals surface area contributed by atoms with Crippen LogP contribution in [0.4, 0.5) is 5.69 Å². The van der Waals surface area contributed by atoms with Crippen LogP contribution in [0.3, 0.4) is 0 Å². The van der Waals surface area contributed by atoms with E-state index in [1.54, 1.807) is 5.48 Å². The van der Waals surface area contributed by atoms with Gasteiger partial charge in [-0.2, -0.15) is 0 Å². The summed E-state index contributed by atoms with van der Waals surface area (Å²) in [7, 11) is 0. The zero-order chi connectivity index (χ0) is 17.6. The first kappa shape index (κ1) is 21.1. The molecular formula is C18H28Cl2N2O2. The van der Waals surface area contributed by atoms with Gasteiger partial charge < -0.3 is 4.90 Å². The molecule has 6 heteroatoms. The van der Waals surface area contributed by atoms with E-state index < -0.39 is 0 Å². The SMILES string of the molecule is O=C(CCCCCCCc1ccc(N(CCCl)CCCl)cc1)NO. The Morgan fingerprint density at radius 1 is 0.958 bits per heavy atom. The maximum atomic E-state index is 10.9. The molecule has 0 bridgehead atoms. The number of halogens is 2. The predicted molar refractivity (Wildman–Crippen MR) is 101 cm³/mol. The van der Waals surface area contributed by atoms with Crippen LogP contribution in [0.5, 0.6) is 0 Å². The molecular weight excluding hydrogens is 347 g/mol. The first-order valence-corrected chi connectivity index (χ1v) is 9.67. The van der Waals surface area contributed by atoms with Crippen molar-refractivity contribution in [2.75, 3.05) is 29.7 Å². The summed E-state index contributed by atoms with van der Waals surface area (Å²) < 4.78 is 0. The number of alkyl halides is 2. The van der Waals surface area contributed by atoms with E-state index in [0.717, 1.165) is 51.6 Å². The second-order valence-corrected chi connectivity index (χ2v) is 6.59. The van der Waals surface area contributed by atoms with Crippen molar-refractivity contribution in [3.8, 4) is 0 Å². The van der Waals surface area contributed by atoms with E-state index in [1.807, 2.05) is 0 Å². The summed E-state index contributed by atoms with van der Waals surface area (Å²) in [6.07, 6.45) is 6.76. The van der Waals surface area contributed by atoms with Gasteiger partial charge in [-0.3, -0.25) is 10.0 Å². The molecule has 24 heavy (non-hydrogen) atoms. The van der Waals surface area contributed by atoms with Gasteiger partial charge in [0.15, 0.2) is 0 Å². The average Bonchev–Trinajstić information content (AvgIpc) is 2.61. The predicted octanol–water partition coefficient (Wildman–Crippen LogP) is 4.36. The Labute approximate surface area is 155 Å². The molecule has 4 nitrogen and oxygen atoms in total. The fourth-order valence-corrected chi connectivity index (χ4v) is 3.06. The minimum absolute atomic E-state index is 0.299. The van der Waals surface area contributed by atoms with Gasteiger partial charge in [-0.15, -0.1) is 23.2 Å². The minimum atomic E-state index is -0.299. The molecule has 0 radical (unpaired) electrons. The number of carbonyl (C=O) groups excluding carboxylic acids is 1. The molecule has 0 fully saturated rings.